The third-order valence-electron chi connectivity index (χ3n) is 11.8. The molecule has 2 aliphatic carbocycles. The summed E-state index contributed by atoms with van der Waals surface area (Å²) in [6.07, 6.45) is 6.70. The molecule has 3 heterocycles. The van der Waals surface area contributed by atoms with Crippen molar-refractivity contribution in [2.75, 3.05) is 20.8 Å². The summed E-state index contributed by atoms with van der Waals surface area (Å²) in [6.45, 7) is 8.23. The molecule has 2 aromatic carbocycles. The fraction of sp³-hybridized carbons (Fsp3) is 0.488. The van der Waals surface area contributed by atoms with E-state index < -0.39 is 24.3 Å². The molecular weight excluding hydrogens is 725 g/mol. The van der Waals surface area contributed by atoms with E-state index >= 15 is 0 Å². The average Bonchev–Trinajstić information content (AvgIpc) is 4.05. The van der Waals surface area contributed by atoms with E-state index in [2.05, 4.69) is 68.4 Å². The van der Waals surface area contributed by atoms with Crippen molar-refractivity contribution < 1.29 is 28.7 Å². The van der Waals surface area contributed by atoms with Gasteiger partial charge >= 0.3 is 12.2 Å². The van der Waals surface area contributed by atoms with Crippen LogP contribution in [-0.2, 0) is 31.9 Å². The maximum Gasteiger partial charge on any atom is 0.407 e. The molecule has 0 bridgehead atoms. The van der Waals surface area contributed by atoms with Gasteiger partial charge in [0.15, 0.2) is 0 Å². The van der Waals surface area contributed by atoms with Crippen LogP contribution in [0.1, 0.15) is 94.7 Å². The first-order valence-electron chi connectivity index (χ1n) is 20.1. The van der Waals surface area contributed by atoms with Gasteiger partial charge in [-0.25, -0.2) is 19.6 Å². The molecular formula is C43H54N8O6. The normalized spacial score (nSPS) is 19.8. The van der Waals surface area contributed by atoms with Gasteiger partial charge < -0.3 is 40.3 Å². The maximum absolute atomic E-state index is 13.7. The van der Waals surface area contributed by atoms with Crippen LogP contribution in [0.2, 0.25) is 0 Å². The summed E-state index contributed by atoms with van der Waals surface area (Å²) in [5.41, 5.74) is 8.53. The van der Waals surface area contributed by atoms with Gasteiger partial charge in [0.2, 0.25) is 11.8 Å². The minimum Gasteiger partial charge on any atom is -0.453 e. The van der Waals surface area contributed by atoms with Gasteiger partial charge in [0.1, 0.15) is 23.7 Å². The number of benzene rings is 2. The van der Waals surface area contributed by atoms with E-state index in [1.54, 1.807) is 0 Å². The second-order valence-electron chi connectivity index (χ2n) is 16.1. The second kappa shape index (κ2) is 16.8. The van der Waals surface area contributed by atoms with Crippen LogP contribution in [0.4, 0.5) is 9.59 Å². The van der Waals surface area contributed by atoms with Crippen LogP contribution >= 0.6 is 0 Å². The predicted molar refractivity (Wildman–Crippen MR) is 215 cm³/mol. The number of nitrogens with one attached hydrogen (secondary N) is 5. The molecule has 4 aromatic rings. The molecule has 1 saturated carbocycles. The number of imidazole rings is 2. The monoisotopic (exact) mass is 778 g/mol. The van der Waals surface area contributed by atoms with Crippen molar-refractivity contribution >= 4 is 24.0 Å². The molecule has 3 aliphatic rings. The van der Waals surface area contributed by atoms with E-state index in [0.29, 0.717) is 6.54 Å². The molecule has 0 spiro atoms. The average molecular weight is 779 g/mol. The van der Waals surface area contributed by atoms with Crippen molar-refractivity contribution in [2.24, 2.45) is 11.8 Å². The zero-order valence-electron chi connectivity index (χ0n) is 33.6. The minimum absolute atomic E-state index is 0.0432. The van der Waals surface area contributed by atoms with Gasteiger partial charge in [-0.1, -0.05) is 76.6 Å². The van der Waals surface area contributed by atoms with Crippen LogP contribution in [0.15, 0.2) is 48.7 Å². The summed E-state index contributed by atoms with van der Waals surface area (Å²) in [7, 11) is 2.59. The Hall–Kier alpha value is -5.66. The maximum atomic E-state index is 13.7. The van der Waals surface area contributed by atoms with E-state index in [-0.39, 0.29) is 41.7 Å². The van der Waals surface area contributed by atoms with Gasteiger partial charge in [-0.3, -0.25) is 9.59 Å². The summed E-state index contributed by atoms with van der Waals surface area (Å²) < 4.78 is 9.52. The lowest BCUT2D eigenvalue weighted by Gasteiger charge is -2.30. The van der Waals surface area contributed by atoms with Crippen LogP contribution in [-0.4, -0.2) is 87.7 Å². The highest BCUT2D eigenvalue weighted by Gasteiger charge is 2.39. The van der Waals surface area contributed by atoms with E-state index in [4.69, 9.17) is 19.4 Å². The number of ether oxygens (including phenoxy) is 2. The highest BCUT2D eigenvalue weighted by atomic mass is 16.5. The Morgan fingerprint density at radius 3 is 2.18 bits per heavy atom. The van der Waals surface area contributed by atoms with Gasteiger partial charge in [-0.2, -0.15) is 0 Å². The Bertz CT molecular complexity index is 2110. The van der Waals surface area contributed by atoms with Crippen molar-refractivity contribution in [2.45, 2.75) is 103 Å². The smallest absolute Gasteiger partial charge is 0.407 e. The second-order valence-corrected chi connectivity index (χ2v) is 16.1. The molecule has 7 rings (SSSR count). The van der Waals surface area contributed by atoms with Gasteiger partial charge in [0.05, 0.1) is 37.8 Å². The molecule has 2 unspecified atom stereocenters. The summed E-state index contributed by atoms with van der Waals surface area (Å²) in [4.78, 5) is 69.5. The molecule has 4 amide bonds. The SMILES string of the molecule is COC(=O)N[C@H](C(=O)NC1CCCC1c1ncc(-c2ccc(-c3ccc4c(c3)CCc3[nH]c([C@@H]5CCCN5C(=O)[C@@H](NC(=O)OC)C(C)C)nc3-4)cc2)[nH]1)C(C)C. The molecule has 2 aromatic heterocycles. The van der Waals surface area contributed by atoms with E-state index in [1.807, 2.05) is 38.8 Å². The fourth-order valence-corrected chi connectivity index (χ4v) is 8.62. The standard InChI is InChI=1S/C43H54N8O6/c1-23(2)35(49-42(54)56-5)40(52)47-31-10-7-9-30(31)38-44-22-33(46-38)26-14-12-25(13-15-26)27-16-18-29-28(21-27)17-19-32-37(29)48-39(45-32)34-11-8-20-51(34)41(53)36(24(3)4)50-43(55)57-6/h12-16,18,21-24,30-31,34-36H,7-11,17,19-20H2,1-6H3,(H,44,46)(H,45,48)(H,47,52)(H,49,54)(H,50,55)/t30?,31?,34-,35-,36-/m0/s1. The lowest BCUT2D eigenvalue weighted by molar-refractivity contribution is -0.135. The largest absolute Gasteiger partial charge is 0.453 e. The Labute approximate surface area is 333 Å². The molecule has 1 aliphatic heterocycles. The molecule has 14 heteroatoms. The van der Waals surface area contributed by atoms with Crippen LogP contribution in [0, 0.1) is 11.8 Å². The Kier molecular flexibility index (Phi) is 11.7. The zero-order chi connectivity index (χ0) is 40.4. The fourth-order valence-electron chi connectivity index (χ4n) is 8.62. The number of aryl methyl sites for hydroxylation is 2. The third-order valence-corrected chi connectivity index (χ3v) is 11.8. The van der Waals surface area contributed by atoms with Crippen LogP contribution in [0.3, 0.4) is 0 Å². The van der Waals surface area contributed by atoms with Gasteiger partial charge in [-0.05, 0) is 72.6 Å². The number of fused-ring (bicyclic) bond motifs is 3. The van der Waals surface area contributed by atoms with Crippen molar-refractivity contribution in [1.82, 2.24) is 40.8 Å². The summed E-state index contributed by atoms with van der Waals surface area (Å²) in [6, 6.07) is 13.4. The summed E-state index contributed by atoms with van der Waals surface area (Å²) in [5.74, 6) is 1.15. The first-order chi connectivity index (χ1) is 27.4. The first kappa shape index (κ1) is 39.6. The van der Waals surface area contributed by atoms with Crippen molar-refractivity contribution in [1.29, 1.82) is 0 Å². The molecule has 2 fully saturated rings. The van der Waals surface area contributed by atoms with E-state index in [9.17, 15) is 19.2 Å². The molecule has 302 valence electrons. The van der Waals surface area contributed by atoms with Crippen LogP contribution in [0.25, 0.3) is 33.6 Å². The van der Waals surface area contributed by atoms with Gasteiger partial charge in [0.25, 0.3) is 0 Å². The topological polar surface area (TPSA) is 183 Å². The lowest BCUT2D eigenvalue weighted by atomic mass is 9.89. The predicted octanol–water partition coefficient (Wildman–Crippen LogP) is 6.41. The molecule has 57 heavy (non-hydrogen) atoms. The highest BCUT2D eigenvalue weighted by molar-refractivity contribution is 5.87. The number of methoxy groups -OCH3 is 2. The summed E-state index contributed by atoms with van der Waals surface area (Å²) in [5, 5.41) is 8.55. The molecule has 1 saturated heterocycles. The Balaban J connectivity index is 1.03. The Morgan fingerprint density at radius 1 is 0.789 bits per heavy atom. The number of rotatable bonds is 11. The Morgan fingerprint density at radius 2 is 1.47 bits per heavy atom. The number of hydrogen-bond acceptors (Lipinski definition) is 8. The number of nitrogens with zero attached hydrogens (tertiary/aromatic N) is 3. The van der Waals surface area contributed by atoms with E-state index in [0.717, 1.165) is 95.9 Å². The first-order valence-corrected chi connectivity index (χ1v) is 20.1. The third kappa shape index (κ3) is 8.26. The number of carbonyl (C=O) groups is 4. The van der Waals surface area contributed by atoms with Crippen molar-refractivity contribution in [3.63, 3.8) is 0 Å². The van der Waals surface area contributed by atoms with Gasteiger partial charge in [-0.15, -0.1) is 0 Å². The number of likely N-dealkylation sites (tertiary alicyclic amines) is 1. The van der Waals surface area contributed by atoms with Crippen molar-refractivity contribution in [3.05, 3.63) is 71.6 Å². The molecule has 0 radical (unpaired) electrons. The lowest BCUT2D eigenvalue weighted by Crippen LogP contribution is -2.52. The number of carbonyl (C=O) groups excluding carboxylic acids is 4. The number of aromatic amines is 2. The zero-order valence-corrected chi connectivity index (χ0v) is 33.6. The van der Waals surface area contributed by atoms with Gasteiger partial charge in [0, 0.05) is 29.8 Å². The molecule has 5 atom stereocenters. The highest BCUT2D eigenvalue weighted by Crippen LogP contribution is 2.39. The quantitative estimate of drug-likeness (QED) is 0.116. The van der Waals surface area contributed by atoms with Crippen LogP contribution < -0.4 is 16.0 Å². The molecule has 5 N–H and O–H groups in total. The number of H-pyrrole nitrogens is 2. The number of hydrogen-bond donors (Lipinski definition) is 5. The molecule has 14 nitrogen and oxygen atoms in total. The van der Waals surface area contributed by atoms with E-state index in [1.165, 1.54) is 19.8 Å². The minimum atomic E-state index is -0.690. The summed E-state index contributed by atoms with van der Waals surface area (Å²) >= 11 is 0. The number of alkyl carbamates (subject to hydrolysis) is 2. The van der Waals surface area contributed by atoms with Crippen LogP contribution in [0.5, 0.6) is 0 Å². The number of amides is 4. The van der Waals surface area contributed by atoms with Crippen molar-refractivity contribution in [3.8, 4) is 33.6 Å². The number of aromatic nitrogens is 4.